The minimum Gasteiger partial charge on any atom is -0.497 e. The van der Waals surface area contributed by atoms with E-state index >= 15 is 0 Å². The fourth-order valence-electron chi connectivity index (χ4n) is 4.35. The van der Waals surface area contributed by atoms with Crippen molar-refractivity contribution in [2.75, 3.05) is 43.1 Å². The quantitative estimate of drug-likeness (QED) is 0.361. The van der Waals surface area contributed by atoms with Crippen molar-refractivity contribution in [3.63, 3.8) is 0 Å². The molecule has 1 aromatic heterocycles. The average Bonchev–Trinajstić information content (AvgIpc) is 3.36. The van der Waals surface area contributed by atoms with E-state index in [1.807, 2.05) is 73.3 Å². The highest BCUT2D eigenvalue weighted by atomic mass is 32.2. The first-order chi connectivity index (χ1) is 17.3. The molecule has 8 heteroatoms. The Morgan fingerprint density at radius 2 is 1.50 bits per heavy atom. The molecular weight excluding hydrogens is 474 g/mol. The normalized spacial score (nSPS) is 14.2. The van der Waals surface area contributed by atoms with Crippen LogP contribution in [-0.2, 0) is 9.84 Å². The first kappa shape index (κ1) is 23.9. The lowest BCUT2D eigenvalue weighted by atomic mass is 10.1. The van der Waals surface area contributed by atoms with Crippen molar-refractivity contribution in [3.05, 3.63) is 83.9 Å². The molecule has 0 aliphatic carbocycles. The van der Waals surface area contributed by atoms with Crippen LogP contribution in [0.15, 0.2) is 87.1 Å². The van der Waals surface area contributed by atoms with Crippen LogP contribution in [0.3, 0.4) is 0 Å². The van der Waals surface area contributed by atoms with Crippen molar-refractivity contribution in [3.8, 4) is 17.2 Å². The van der Waals surface area contributed by atoms with E-state index in [1.165, 1.54) is 0 Å². The number of piperazine rings is 1. The van der Waals surface area contributed by atoms with Gasteiger partial charge >= 0.3 is 0 Å². The van der Waals surface area contributed by atoms with E-state index in [4.69, 9.17) is 9.15 Å². The largest absolute Gasteiger partial charge is 0.497 e. The van der Waals surface area contributed by atoms with Gasteiger partial charge in [-0.3, -0.25) is 0 Å². The summed E-state index contributed by atoms with van der Waals surface area (Å²) >= 11 is 0. The van der Waals surface area contributed by atoms with Gasteiger partial charge in [0.1, 0.15) is 5.75 Å². The zero-order valence-corrected chi connectivity index (χ0v) is 21.5. The highest BCUT2D eigenvalue weighted by molar-refractivity contribution is 7.91. The maximum atomic E-state index is 13.7. The molecule has 0 bridgehead atoms. The van der Waals surface area contributed by atoms with Crippen molar-refractivity contribution in [1.82, 2.24) is 4.98 Å². The van der Waals surface area contributed by atoms with E-state index in [1.54, 1.807) is 25.3 Å². The van der Waals surface area contributed by atoms with Crippen LogP contribution in [0.4, 0.5) is 11.6 Å². The molecule has 5 rings (SSSR count). The topological polar surface area (TPSA) is 75.9 Å². The Kier molecular flexibility index (Phi) is 6.45. The van der Waals surface area contributed by atoms with Crippen molar-refractivity contribution in [2.45, 2.75) is 23.8 Å². The van der Waals surface area contributed by atoms with Gasteiger partial charge in [-0.2, -0.15) is 4.98 Å². The van der Waals surface area contributed by atoms with Gasteiger partial charge in [0, 0.05) is 37.4 Å². The third kappa shape index (κ3) is 4.68. The molecule has 186 valence electrons. The molecule has 4 aromatic rings. The minimum absolute atomic E-state index is 0.0402. The Morgan fingerprint density at radius 3 is 2.14 bits per heavy atom. The van der Waals surface area contributed by atoms with Gasteiger partial charge in [0.15, 0.2) is 0 Å². The molecule has 0 radical (unpaired) electrons. The number of hydrogen-bond donors (Lipinski definition) is 0. The number of benzene rings is 3. The fourth-order valence-corrected chi connectivity index (χ4v) is 5.77. The molecule has 0 unspecified atom stereocenters. The second kappa shape index (κ2) is 9.70. The number of aryl methyl sites for hydroxylation is 2. The van der Waals surface area contributed by atoms with Crippen LogP contribution in [0.1, 0.15) is 11.1 Å². The van der Waals surface area contributed by atoms with Gasteiger partial charge in [-0.25, -0.2) is 8.42 Å². The first-order valence-corrected chi connectivity index (χ1v) is 13.4. The highest BCUT2D eigenvalue weighted by Crippen LogP contribution is 2.36. The summed E-state index contributed by atoms with van der Waals surface area (Å²) in [5.41, 5.74) is 3.81. The van der Waals surface area contributed by atoms with Crippen molar-refractivity contribution in [1.29, 1.82) is 0 Å². The highest BCUT2D eigenvalue weighted by Gasteiger charge is 2.33. The molecule has 1 fully saturated rings. The Morgan fingerprint density at radius 1 is 0.833 bits per heavy atom. The van der Waals surface area contributed by atoms with Crippen molar-refractivity contribution < 1.29 is 17.6 Å². The molecule has 1 aliphatic heterocycles. The lowest BCUT2D eigenvalue weighted by molar-refractivity contribution is 0.415. The van der Waals surface area contributed by atoms with Gasteiger partial charge in [-0.15, -0.1) is 0 Å². The number of nitrogens with zero attached hydrogens (tertiary/aromatic N) is 3. The molecule has 0 amide bonds. The maximum Gasteiger partial charge on any atom is 0.236 e. The number of sulfone groups is 1. The molecular formula is C28H29N3O4S. The standard InChI is InChI=1S/C28H29N3O4S/c1-20-7-9-22(10-8-20)26-29-27(36(32,33)25-6-4-5-21(2)19-25)28(35-26)31-17-15-30(16-18-31)23-11-13-24(34-3)14-12-23/h4-14,19H,15-18H2,1-3H3. The molecule has 2 heterocycles. The maximum absolute atomic E-state index is 13.7. The summed E-state index contributed by atoms with van der Waals surface area (Å²) in [4.78, 5) is 8.99. The average molecular weight is 504 g/mol. The minimum atomic E-state index is -3.88. The van der Waals surface area contributed by atoms with Gasteiger partial charge in [0.05, 0.1) is 12.0 Å². The van der Waals surface area contributed by atoms with E-state index < -0.39 is 9.84 Å². The number of rotatable bonds is 6. The van der Waals surface area contributed by atoms with E-state index in [0.29, 0.717) is 24.9 Å². The first-order valence-electron chi connectivity index (χ1n) is 11.9. The zero-order valence-electron chi connectivity index (χ0n) is 20.6. The molecule has 0 saturated carbocycles. The number of hydrogen-bond acceptors (Lipinski definition) is 7. The van der Waals surface area contributed by atoms with Crippen molar-refractivity contribution in [2.24, 2.45) is 0 Å². The smallest absolute Gasteiger partial charge is 0.236 e. The molecule has 1 aliphatic rings. The summed E-state index contributed by atoms with van der Waals surface area (Å²) in [6, 6.07) is 22.6. The zero-order chi connectivity index (χ0) is 25.3. The van der Waals surface area contributed by atoms with Crippen LogP contribution in [-0.4, -0.2) is 46.7 Å². The number of oxazole rings is 1. The van der Waals surface area contributed by atoms with E-state index in [2.05, 4.69) is 9.88 Å². The molecule has 0 atom stereocenters. The summed E-state index contributed by atoms with van der Waals surface area (Å²) in [5, 5.41) is -0.0402. The lowest BCUT2D eigenvalue weighted by Gasteiger charge is -2.36. The van der Waals surface area contributed by atoms with Gasteiger partial charge in [0.25, 0.3) is 0 Å². The summed E-state index contributed by atoms with van der Waals surface area (Å²) < 4.78 is 38.9. The van der Waals surface area contributed by atoms with Gasteiger partial charge in [-0.05, 0) is 67.9 Å². The van der Waals surface area contributed by atoms with Gasteiger partial charge in [0.2, 0.25) is 26.6 Å². The number of methoxy groups -OCH3 is 1. The Balaban J connectivity index is 1.48. The summed E-state index contributed by atoms with van der Waals surface area (Å²) in [7, 11) is -2.23. The molecule has 0 N–H and O–H groups in total. The van der Waals surface area contributed by atoms with Gasteiger partial charge < -0.3 is 19.0 Å². The molecule has 1 saturated heterocycles. The third-order valence-electron chi connectivity index (χ3n) is 6.44. The van der Waals surface area contributed by atoms with Crippen LogP contribution in [0.5, 0.6) is 5.75 Å². The Labute approximate surface area is 211 Å². The second-order valence-electron chi connectivity index (χ2n) is 8.99. The summed E-state index contributed by atoms with van der Waals surface area (Å²) in [5.74, 6) is 1.41. The lowest BCUT2D eigenvalue weighted by Crippen LogP contribution is -2.46. The van der Waals surface area contributed by atoms with Crippen LogP contribution < -0.4 is 14.5 Å². The number of ether oxygens (including phenoxy) is 1. The van der Waals surface area contributed by atoms with Gasteiger partial charge in [-0.1, -0.05) is 29.8 Å². The number of aromatic nitrogens is 1. The SMILES string of the molecule is COc1ccc(N2CCN(c3oc(-c4ccc(C)cc4)nc3S(=O)(=O)c3cccc(C)c3)CC2)cc1. The molecule has 0 spiro atoms. The predicted molar refractivity (Wildman–Crippen MR) is 141 cm³/mol. The van der Waals surface area contributed by atoms with Crippen LogP contribution in [0.25, 0.3) is 11.5 Å². The summed E-state index contributed by atoms with van der Waals surface area (Å²) in [6.07, 6.45) is 0. The Hall–Kier alpha value is -3.78. The van der Waals surface area contributed by atoms with E-state index in [0.717, 1.165) is 41.2 Å². The van der Waals surface area contributed by atoms with Crippen LogP contribution in [0.2, 0.25) is 0 Å². The third-order valence-corrected chi connectivity index (χ3v) is 8.09. The van der Waals surface area contributed by atoms with Crippen LogP contribution >= 0.6 is 0 Å². The monoisotopic (exact) mass is 503 g/mol. The fraction of sp³-hybridized carbons (Fsp3) is 0.250. The molecule has 3 aromatic carbocycles. The second-order valence-corrected chi connectivity index (χ2v) is 10.9. The van der Waals surface area contributed by atoms with Crippen molar-refractivity contribution >= 4 is 21.4 Å². The molecule has 36 heavy (non-hydrogen) atoms. The van der Waals surface area contributed by atoms with E-state index in [-0.39, 0.29) is 9.92 Å². The summed E-state index contributed by atoms with van der Waals surface area (Å²) in [6.45, 7) is 6.52. The van der Waals surface area contributed by atoms with Crippen LogP contribution in [0, 0.1) is 13.8 Å². The van der Waals surface area contributed by atoms with E-state index in [9.17, 15) is 8.42 Å². The molecule has 7 nitrogen and oxygen atoms in total. The Bertz CT molecular complexity index is 1450. The number of anilines is 2. The predicted octanol–water partition coefficient (Wildman–Crippen LogP) is 5.13.